The maximum absolute atomic E-state index is 9.89. The van der Waals surface area contributed by atoms with Crippen molar-refractivity contribution in [3.8, 4) is 0 Å². The zero-order chi connectivity index (χ0) is 10.7. The van der Waals surface area contributed by atoms with E-state index in [4.69, 9.17) is 11.6 Å². The third-order valence-electron chi connectivity index (χ3n) is 3.20. The normalized spacial score (nSPS) is 26.3. The van der Waals surface area contributed by atoms with Crippen LogP contribution in [-0.2, 0) is 0 Å². The Balaban J connectivity index is 1.85. The molecule has 1 aromatic rings. The van der Waals surface area contributed by atoms with Crippen LogP contribution in [0.2, 0.25) is 0 Å². The maximum atomic E-state index is 9.89. The van der Waals surface area contributed by atoms with E-state index in [9.17, 15) is 5.11 Å². The van der Waals surface area contributed by atoms with E-state index in [2.05, 4.69) is 24.3 Å². The molecule has 1 N–H and O–H groups in total. The summed E-state index contributed by atoms with van der Waals surface area (Å²) in [4.78, 5) is 0. The van der Waals surface area contributed by atoms with Gasteiger partial charge in [-0.05, 0) is 36.7 Å². The highest BCUT2D eigenvalue weighted by atomic mass is 35.5. The largest absolute Gasteiger partial charge is 0.393 e. The van der Waals surface area contributed by atoms with Crippen LogP contribution in [0.3, 0.4) is 0 Å². The zero-order valence-corrected chi connectivity index (χ0v) is 9.53. The molecule has 1 aromatic carbocycles. The monoisotopic (exact) mass is 224 g/mol. The number of halogens is 1. The average molecular weight is 225 g/mol. The second kappa shape index (κ2) is 5.00. The molecule has 1 nitrogen and oxygen atoms in total. The van der Waals surface area contributed by atoms with E-state index in [1.807, 2.05) is 6.07 Å². The van der Waals surface area contributed by atoms with Crippen LogP contribution in [-0.4, -0.2) is 17.1 Å². The first-order valence-electron chi connectivity index (χ1n) is 5.62. The predicted molar refractivity (Wildman–Crippen MR) is 63.3 cm³/mol. The highest BCUT2D eigenvalue weighted by Crippen LogP contribution is 2.50. The van der Waals surface area contributed by atoms with Crippen molar-refractivity contribution in [1.29, 1.82) is 0 Å². The van der Waals surface area contributed by atoms with Gasteiger partial charge in [0.2, 0.25) is 0 Å². The van der Waals surface area contributed by atoms with Crippen LogP contribution in [0.4, 0.5) is 0 Å². The molecule has 0 amide bonds. The second-order valence-electron chi connectivity index (χ2n) is 4.32. The van der Waals surface area contributed by atoms with Crippen LogP contribution in [0.15, 0.2) is 30.3 Å². The minimum atomic E-state index is -0.158. The summed E-state index contributed by atoms with van der Waals surface area (Å²) in [7, 11) is 0. The van der Waals surface area contributed by atoms with Gasteiger partial charge in [0.15, 0.2) is 0 Å². The van der Waals surface area contributed by atoms with Crippen molar-refractivity contribution in [1.82, 2.24) is 0 Å². The third kappa shape index (κ3) is 2.73. The summed E-state index contributed by atoms with van der Waals surface area (Å²) in [6, 6.07) is 10.5. The molecular weight excluding hydrogens is 208 g/mol. The predicted octanol–water partition coefficient (Wildman–Crippen LogP) is 3.17. The molecule has 0 aromatic heterocycles. The molecule has 15 heavy (non-hydrogen) atoms. The lowest BCUT2D eigenvalue weighted by Crippen LogP contribution is -2.10. The summed E-state index contributed by atoms with van der Waals surface area (Å²) in [5.74, 6) is 1.70. The minimum Gasteiger partial charge on any atom is -0.393 e. The summed E-state index contributed by atoms with van der Waals surface area (Å²) in [6.07, 6.45) is 2.74. The van der Waals surface area contributed by atoms with E-state index in [1.54, 1.807) is 0 Å². The van der Waals surface area contributed by atoms with Gasteiger partial charge in [-0.15, -0.1) is 11.6 Å². The van der Waals surface area contributed by atoms with Crippen LogP contribution >= 0.6 is 11.6 Å². The molecule has 2 rings (SSSR count). The van der Waals surface area contributed by atoms with Gasteiger partial charge in [-0.3, -0.25) is 0 Å². The minimum absolute atomic E-state index is 0.158. The molecule has 0 radical (unpaired) electrons. The molecule has 1 aliphatic rings. The molecule has 82 valence electrons. The number of rotatable bonds is 5. The summed E-state index contributed by atoms with van der Waals surface area (Å²) < 4.78 is 0. The van der Waals surface area contributed by atoms with E-state index >= 15 is 0 Å². The quantitative estimate of drug-likeness (QED) is 0.762. The van der Waals surface area contributed by atoms with E-state index in [1.165, 1.54) is 5.56 Å². The number of aliphatic hydroxyl groups excluding tert-OH is 1. The Morgan fingerprint density at radius 2 is 2.07 bits per heavy atom. The summed E-state index contributed by atoms with van der Waals surface area (Å²) >= 11 is 5.61. The van der Waals surface area contributed by atoms with E-state index in [-0.39, 0.29) is 6.10 Å². The third-order valence-corrected chi connectivity index (χ3v) is 3.46. The van der Waals surface area contributed by atoms with Crippen LogP contribution in [0.25, 0.3) is 0 Å². The Bertz CT molecular complexity index is 299. The number of hydrogen-bond donors (Lipinski definition) is 1. The zero-order valence-electron chi connectivity index (χ0n) is 8.77. The van der Waals surface area contributed by atoms with E-state index in [0.29, 0.717) is 17.7 Å². The summed E-state index contributed by atoms with van der Waals surface area (Å²) in [5.41, 5.74) is 1.37. The van der Waals surface area contributed by atoms with Gasteiger partial charge in [0.1, 0.15) is 0 Å². The van der Waals surface area contributed by atoms with Gasteiger partial charge < -0.3 is 5.11 Å². The number of alkyl halides is 1. The molecule has 0 bridgehead atoms. The number of hydrogen-bond acceptors (Lipinski definition) is 1. The molecule has 0 spiro atoms. The Morgan fingerprint density at radius 1 is 1.33 bits per heavy atom. The van der Waals surface area contributed by atoms with Crippen LogP contribution in [0.5, 0.6) is 0 Å². The van der Waals surface area contributed by atoms with Gasteiger partial charge in [0, 0.05) is 5.88 Å². The standard InChI is InChI=1S/C13H17ClO/c14-8-4-7-13(15)12-9-11(12)10-5-2-1-3-6-10/h1-3,5-6,11-13,15H,4,7-9H2. The van der Waals surface area contributed by atoms with Crippen molar-refractivity contribution in [2.45, 2.75) is 31.3 Å². The molecule has 1 fully saturated rings. The first-order valence-corrected chi connectivity index (χ1v) is 6.15. The fraction of sp³-hybridized carbons (Fsp3) is 0.538. The van der Waals surface area contributed by atoms with E-state index in [0.717, 1.165) is 19.3 Å². The summed E-state index contributed by atoms with van der Waals surface area (Å²) in [5, 5.41) is 9.89. The summed E-state index contributed by atoms with van der Waals surface area (Å²) in [6.45, 7) is 0. The van der Waals surface area contributed by atoms with Gasteiger partial charge in [0.05, 0.1) is 6.10 Å². The van der Waals surface area contributed by atoms with Crippen molar-refractivity contribution >= 4 is 11.6 Å². The molecule has 0 heterocycles. The first-order chi connectivity index (χ1) is 7.33. The maximum Gasteiger partial charge on any atom is 0.0574 e. The fourth-order valence-corrected chi connectivity index (χ4v) is 2.38. The lowest BCUT2D eigenvalue weighted by Gasteiger charge is -2.08. The van der Waals surface area contributed by atoms with Crippen LogP contribution < -0.4 is 0 Å². The van der Waals surface area contributed by atoms with Gasteiger partial charge in [0.25, 0.3) is 0 Å². The Morgan fingerprint density at radius 3 is 2.73 bits per heavy atom. The van der Waals surface area contributed by atoms with Gasteiger partial charge in [-0.1, -0.05) is 30.3 Å². The van der Waals surface area contributed by atoms with E-state index < -0.39 is 0 Å². The molecular formula is C13H17ClO. The van der Waals surface area contributed by atoms with Crippen LogP contribution in [0, 0.1) is 5.92 Å². The Labute approximate surface area is 96.1 Å². The molecule has 2 heteroatoms. The average Bonchev–Trinajstić information content (AvgIpc) is 3.07. The van der Waals surface area contributed by atoms with Crippen molar-refractivity contribution in [3.05, 3.63) is 35.9 Å². The smallest absolute Gasteiger partial charge is 0.0574 e. The Hall–Kier alpha value is -0.530. The second-order valence-corrected chi connectivity index (χ2v) is 4.69. The van der Waals surface area contributed by atoms with Gasteiger partial charge in [-0.25, -0.2) is 0 Å². The highest BCUT2D eigenvalue weighted by Gasteiger charge is 2.42. The van der Waals surface area contributed by atoms with Gasteiger partial charge in [-0.2, -0.15) is 0 Å². The van der Waals surface area contributed by atoms with Crippen LogP contribution in [0.1, 0.15) is 30.7 Å². The number of benzene rings is 1. The fourth-order valence-electron chi connectivity index (χ4n) is 2.22. The highest BCUT2D eigenvalue weighted by molar-refractivity contribution is 6.17. The molecule has 0 saturated heterocycles. The van der Waals surface area contributed by atoms with Gasteiger partial charge >= 0.3 is 0 Å². The van der Waals surface area contributed by atoms with Crippen molar-refractivity contribution in [2.24, 2.45) is 5.92 Å². The lowest BCUT2D eigenvalue weighted by molar-refractivity contribution is 0.138. The topological polar surface area (TPSA) is 20.2 Å². The Kier molecular flexibility index (Phi) is 3.66. The van der Waals surface area contributed by atoms with Crippen molar-refractivity contribution in [2.75, 3.05) is 5.88 Å². The lowest BCUT2D eigenvalue weighted by atomic mass is 10.0. The molecule has 3 unspecified atom stereocenters. The van der Waals surface area contributed by atoms with Crippen molar-refractivity contribution < 1.29 is 5.11 Å². The molecule has 0 aliphatic heterocycles. The molecule has 1 saturated carbocycles. The number of aliphatic hydroxyl groups is 1. The SMILES string of the molecule is OC(CCCCl)C1CC1c1ccccc1. The molecule has 3 atom stereocenters. The molecule has 1 aliphatic carbocycles. The first kappa shape index (κ1) is 11.0. The van der Waals surface area contributed by atoms with Crippen molar-refractivity contribution in [3.63, 3.8) is 0 Å².